The number of rotatable bonds is 5. The monoisotopic (exact) mass is 385 g/mol. The lowest BCUT2D eigenvalue weighted by molar-refractivity contribution is -0.385. The Hall–Kier alpha value is -1.83. The number of nitro groups is 1. The molecule has 0 heterocycles. The van der Waals surface area contributed by atoms with Gasteiger partial charge in [0.25, 0.3) is 5.69 Å². The van der Waals surface area contributed by atoms with E-state index in [2.05, 4.69) is 22.6 Å². The standard InChI is InChI=1S/C14H12INO4/c1-19-14-6-10(5-12(8-14)16(17)18)9-20-13-4-2-3-11(15)7-13/h2-8H,9H2,1H3. The lowest BCUT2D eigenvalue weighted by atomic mass is 10.2. The smallest absolute Gasteiger partial charge is 0.273 e. The van der Waals surface area contributed by atoms with Crippen LogP contribution in [0.5, 0.6) is 11.5 Å². The van der Waals surface area contributed by atoms with Gasteiger partial charge in [0.05, 0.1) is 18.1 Å². The molecule has 0 unspecified atom stereocenters. The minimum atomic E-state index is -0.447. The van der Waals surface area contributed by atoms with E-state index in [0.717, 1.165) is 9.32 Å². The Morgan fingerprint density at radius 3 is 2.65 bits per heavy atom. The number of non-ortho nitro benzene ring substituents is 1. The molecular formula is C14H12INO4. The lowest BCUT2D eigenvalue weighted by Crippen LogP contribution is -1.98. The molecule has 0 atom stereocenters. The number of halogens is 1. The molecule has 0 amide bonds. The van der Waals surface area contributed by atoms with E-state index in [1.807, 2.05) is 24.3 Å². The van der Waals surface area contributed by atoms with Crippen LogP contribution in [-0.4, -0.2) is 12.0 Å². The van der Waals surface area contributed by atoms with Gasteiger partial charge in [0.1, 0.15) is 18.1 Å². The summed E-state index contributed by atoms with van der Waals surface area (Å²) < 4.78 is 11.7. The fraction of sp³-hybridized carbons (Fsp3) is 0.143. The van der Waals surface area contributed by atoms with Crippen molar-refractivity contribution >= 4 is 28.3 Å². The van der Waals surface area contributed by atoms with Crippen LogP contribution in [0.2, 0.25) is 0 Å². The maximum atomic E-state index is 10.8. The number of ether oxygens (including phenoxy) is 2. The van der Waals surface area contributed by atoms with E-state index in [9.17, 15) is 10.1 Å². The number of methoxy groups -OCH3 is 1. The van der Waals surface area contributed by atoms with Gasteiger partial charge in [-0.3, -0.25) is 10.1 Å². The zero-order valence-electron chi connectivity index (χ0n) is 10.7. The Labute approximate surface area is 129 Å². The van der Waals surface area contributed by atoms with Crippen molar-refractivity contribution in [1.82, 2.24) is 0 Å². The first-order valence-corrected chi connectivity index (χ1v) is 6.87. The van der Waals surface area contributed by atoms with Gasteiger partial charge in [-0.15, -0.1) is 0 Å². The molecule has 0 bridgehead atoms. The van der Waals surface area contributed by atoms with Crippen molar-refractivity contribution in [2.75, 3.05) is 7.11 Å². The first-order chi connectivity index (χ1) is 9.58. The summed E-state index contributed by atoms with van der Waals surface area (Å²) in [6, 6.07) is 12.2. The van der Waals surface area contributed by atoms with Crippen molar-refractivity contribution in [3.05, 3.63) is 61.7 Å². The summed E-state index contributed by atoms with van der Waals surface area (Å²) in [4.78, 5) is 10.4. The fourth-order valence-corrected chi connectivity index (χ4v) is 2.19. The van der Waals surface area contributed by atoms with E-state index in [1.54, 1.807) is 6.07 Å². The van der Waals surface area contributed by atoms with Crippen LogP contribution in [0, 0.1) is 13.7 Å². The first kappa shape index (κ1) is 14.6. The highest BCUT2D eigenvalue weighted by molar-refractivity contribution is 14.1. The summed E-state index contributed by atoms with van der Waals surface area (Å²) in [5.74, 6) is 1.17. The third kappa shape index (κ3) is 3.83. The van der Waals surface area contributed by atoms with Crippen LogP contribution in [-0.2, 0) is 6.61 Å². The molecule has 5 nitrogen and oxygen atoms in total. The Kier molecular flexibility index (Phi) is 4.78. The van der Waals surface area contributed by atoms with Crippen LogP contribution >= 0.6 is 22.6 Å². The van der Waals surface area contributed by atoms with Crippen LogP contribution < -0.4 is 9.47 Å². The first-order valence-electron chi connectivity index (χ1n) is 5.79. The largest absolute Gasteiger partial charge is 0.496 e. The summed E-state index contributed by atoms with van der Waals surface area (Å²) in [7, 11) is 1.48. The number of hydrogen-bond acceptors (Lipinski definition) is 4. The minimum Gasteiger partial charge on any atom is -0.496 e. The van der Waals surface area contributed by atoms with Crippen molar-refractivity contribution in [2.45, 2.75) is 6.61 Å². The SMILES string of the molecule is COc1cc(COc2cccc(I)c2)cc([N+](=O)[O-])c1. The highest BCUT2D eigenvalue weighted by atomic mass is 127. The second-order valence-corrected chi connectivity index (χ2v) is 5.29. The second kappa shape index (κ2) is 6.56. The van der Waals surface area contributed by atoms with Gasteiger partial charge in [-0.2, -0.15) is 0 Å². The fourth-order valence-electron chi connectivity index (χ4n) is 1.67. The van der Waals surface area contributed by atoms with E-state index in [0.29, 0.717) is 11.3 Å². The van der Waals surface area contributed by atoms with Crippen LogP contribution in [0.3, 0.4) is 0 Å². The molecule has 0 fully saturated rings. The summed E-state index contributed by atoms with van der Waals surface area (Å²) in [6.45, 7) is 0.248. The van der Waals surface area contributed by atoms with Crippen LogP contribution in [0.4, 0.5) is 5.69 Å². The zero-order valence-corrected chi connectivity index (χ0v) is 12.9. The van der Waals surface area contributed by atoms with E-state index >= 15 is 0 Å². The van der Waals surface area contributed by atoms with Crippen LogP contribution in [0.25, 0.3) is 0 Å². The van der Waals surface area contributed by atoms with Gasteiger partial charge in [-0.1, -0.05) is 6.07 Å². The molecule has 104 valence electrons. The molecule has 0 saturated carbocycles. The Morgan fingerprint density at radius 1 is 1.20 bits per heavy atom. The third-order valence-corrected chi connectivity index (χ3v) is 3.27. The molecule has 0 saturated heterocycles. The normalized spacial score (nSPS) is 10.1. The van der Waals surface area contributed by atoms with Gasteiger partial charge in [-0.05, 0) is 52.4 Å². The molecule has 0 aliphatic rings. The van der Waals surface area contributed by atoms with Gasteiger partial charge in [0.15, 0.2) is 0 Å². The summed E-state index contributed by atoms with van der Waals surface area (Å²) in [6.07, 6.45) is 0. The van der Waals surface area contributed by atoms with Gasteiger partial charge in [-0.25, -0.2) is 0 Å². The lowest BCUT2D eigenvalue weighted by Gasteiger charge is -2.08. The van der Waals surface area contributed by atoms with Gasteiger partial charge >= 0.3 is 0 Å². The molecule has 2 aromatic carbocycles. The predicted molar refractivity (Wildman–Crippen MR) is 83.1 cm³/mol. The molecule has 0 spiro atoms. The molecule has 6 heteroatoms. The molecular weight excluding hydrogens is 373 g/mol. The van der Waals surface area contributed by atoms with Crippen molar-refractivity contribution in [3.63, 3.8) is 0 Å². The van der Waals surface area contributed by atoms with E-state index in [-0.39, 0.29) is 12.3 Å². The molecule has 0 N–H and O–H groups in total. The van der Waals surface area contributed by atoms with Crippen molar-refractivity contribution in [1.29, 1.82) is 0 Å². The Bertz CT molecular complexity index is 630. The highest BCUT2D eigenvalue weighted by Crippen LogP contribution is 2.24. The predicted octanol–water partition coefficient (Wildman–Crippen LogP) is 3.79. The Morgan fingerprint density at radius 2 is 2.00 bits per heavy atom. The molecule has 20 heavy (non-hydrogen) atoms. The molecule has 0 radical (unpaired) electrons. The van der Waals surface area contributed by atoms with Crippen LogP contribution in [0.1, 0.15) is 5.56 Å². The number of nitro benzene ring substituents is 1. The number of hydrogen-bond donors (Lipinski definition) is 0. The molecule has 0 aliphatic carbocycles. The zero-order chi connectivity index (χ0) is 14.5. The van der Waals surface area contributed by atoms with Crippen LogP contribution in [0.15, 0.2) is 42.5 Å². The number of benzene rings is 2. The highest BCUT2D eigenvalue weighted by Gasteiger charge is 2.10. The molecule has 2 aromatic rings. The Balaban J connectivity index is 2.16. The van der Waals surface area contributed by atoms with Gasteiger partial charge in [0, 0.05) is 9.64 Å². The average molecular weight is 385 g/mol. The van der Waals surface area contributed by atoms with E-state index in [4.69, 9.17) is 9.47 Å². The third-order valence-electron chi connectivity index (χ3n) is 2.60. The van der Waals surface area contributed by atoms with E-state index in [1.165, 1.54) is 19.2 Å². The maximum Gasteiger partial charge on any atom is 0.273 e. The van der Waals surface area contributed by atoms with Crippen molar-refractivity contribution in [3.8, 4) is 11.5 Å². The van der Waals surface area contributed by atoms with Crippen molar-refractivity contribution < 1.29 is 14.4 Å². The molecule has 2 rings (SSSR count). The van der Waals surface area contributed by atoms with Crippen molar-refractivity contribution in [2.24, 2.45) is 0 Å². The van der Waals surface area contributed by atoms with E-state index < -0.39 is 4.92 Å². The topological polar surface area (TPSA) is 61.6 Å². The quantitative estimate of drug-likeness (QED) is 0.447. The summed E-state index contributed by atoms with van der Waals surface area (Å²) in [5.41, 5.74) is 0.681. The van der Waals surface area contributed by atoms with Gasteiger partial charge in [0.2, 0.25) is 0 Å². The number of nitrogens with zero attached hydrogens (tertiary/aromatic N) is 1. The maximum absolute atomic E-state index is 10.8. The average Bonchev–Trinajstić information content (AvgIpc) is 2.45. The molecule has 0 aliphatic heterocycles. The summed E-state index contributed by atoms with van der Waals surface area (Å²) >= 11 is 2.20. The summed E-state index contributed by atoms with van der Waals surface area (Å²) in [5, 5.41) is 10.8. The second-order valence-electron chi connectivity index (χ2n) is 4.04. The minimum absolute atomic E-state index is 0.00871. The molecule has 0 aromatic heterocycles. The van der Waals surface area contributed by atoms with Gasteiger partial charge < -0.3 is 9.47 Å².